The van der Waals surface area contributed by atoms with Crippen LogP contribution in [0.1, 0.15) is 32.6 Å². The first-order valence-corrected chi connectivity index (χ1v) is 6.20. The van der Waals surface area contributed by atoms with E-state index in [4.69, 9.17) is 0 Å². The van der Waals surface area contributed by atoms with E-state index in [1.165, 1.54) is 0 Å². The average molecular weight is 265 g/mol. The molecule has 1 amide bonds. The van der Waals surface area contributed by atoms with Crippen LogP contribution >= 0.6 is 0 Å². The molecule has 1 aliphatic carbocycles. The number of hydrogen-bond donors (Lipinski definition) is 0. The van der Waals surface area contributed by atoms with E-state index in [1.807, 2.05) is 13.0 Å². The zero-order chi connectivity index (χ0) is 13.8. The number of nitro groups is 1. The predicted octanol–water partition coefficient (Wildman–Crippen LogP) is 1.93. The molecule has 2 rings (SSSR count). The van der Waals surface area contributed by atoms with Gasteiger partial charge in [-0.25, -0.2) is 4.79 Å². The van der Waals surface area contributed by atoms with E-state index >= 15 is 0 Å². The molecule has 8 nitrogen and oxygen atoms in total. The maximum absolute atomic E-state index is 12.2. The third-order valence-electron chi connectivity index (χ3n) is 3.00. The summed E-state index contributed by atoms with van der Waals surface area (Å²) >= 11 is 0. The second-order valence-electron chi connectivity index (χ2n) is 4.21. The molecule has 0 bridgehead atoms. The number of aromatic nitrogens is 3. The lowest BCUT2D eigenvalue weighted by Crippen LogP contribution is -2.34. The van der Waals surface area contributed by atoms with E-state index in [-0.39, 0.29) is 0 Å². The molecule has 0 saturated carbocycles. The van der Waals surface area contributed by atoms with Crippen molar-refractivity contribution in [1.82, 2.24) is 19.7 Å². The van der Waals surface area contributed by atoms with Gasteiger partial charge >= 0.3 is 12.0 Å². The Kier molecular flexibility index (Phi) is 3.88. The maximum Gasteiger partial charge on any atom is 0.491 e. The smallest absolute Gasteiger partial charge is 0.390 e. The van der Waals surface area contributed by atoms with Crippen LogP contribution < -0.4 is 0 Å². The fraction of sp³-hybridized carbons (Fsp3) is 0.545. The van der Waals surface area contributed by atoms with E-state index in [0.29, 0.717) is 6.54 Å². The van der Waals surface area contributed by atoms with Gasteiger partial charge in [0, 0.05) is 17.3 Å². The molecule has 1 heterocycles. The molecule has 102 valence electrons. The molecule has 0 saturated heterocycles. The van der Waals surface area contributed by atoms with Crippen LogP contribution in [0.15, 0.2) is 18.1 Å². The van der Waals surface area contributed by atoms with Crippen LogP contribution in [0.25, 0.3) is 0 Å². The SMILES string of the molecule is CCN(C(=O)n1cnc([N+](=O)[O-])n1)C1=CCCCC1. The fourth-order valence-corrected chi connectivity index (χ4v) is 2.08. The van der Waals surface area contributed by atoms with E-state index < -0.39 is 16.9 Å². The summed E-state index contributed by atoms with van der Waals surface area (Å²) in [6.45, 7) is 2.36. The van der Waals surface area contributed by atoms with Gasteiger partial charge in [-0.1, -0.05) is 15.7 Å². The van der Waals surface area contributed by atoms with Gasteiger partial charge in [-0.15, -0.1) is 0 Å². The van der Waals surface area contributed by atoms with Crippen molar-refractivity contribution in [2.24, 2.45) is 0 Å². The van der Waals surface area contributed by atoms with Crippen LogP contribution in [0.5, 0.6) is 0 Å². The first-order chi connectivity index (χ1) is 9.13. The molecule has 1 aromatic rings. The van der Waals surface area contributed by atoms with E-state index in [9.17, 15) is 14.9 Å². The van der Waals surface area contributed by atoms with Crippen molar-refractivity contribution in [2.45, 2.75) is 32.6 Å². The number of nitrogens with zero attached hydrogens (tertiary/aromatic N) is 5. The minimum Gasteiger partial charge on any atom is -0.390 e. The Bertz CT molecular complexity index is 522. The molecule has 0 unspecified atom stereocenters. The Morgan fingerprint density at radius 2 is 2.37 bits per heavy atom. The van der Waals surface area contributed by atoms with Crippen LogP contribution in [0.2, 0.25) is 0 Å². The second-order valence-corrected chi connectivity index (χ2v) is 4.21. The molecule has 1 aromatic heterocycles. The number of carbonyl (C=O) groups is 1. The summed E-state index contributed by atoms with van der Waals surface area (Å²) in [5.74, 6) is -0.568. The quantitative estimate of drug-likeness (QED) is 0.614. The molecule has 0 fully saturated rings. The summed E-state index contributed by atoms with van der Waals surface area (Å²) in [6, 6.07) is -0.406. The Morgan fingerprint density at radius 1 is 1.58 bits per heavy atom. The monoisotopic (exact) mass is 265 g/mol. The predicted molar refractivity (Wildman–Crippen MR) is 66.4 cm³/mol. The normalized spacial score (nSPS) is 14.9. The van der Waals surface area contributed by atoms with Crippen LogP contribution in [-0.4, -0.2) is 37.2 Å². The van der Waals surface area contributed by atoms with Gasteiger partial charge < -0.3 is 10.1 Å². The van der Waals surface area contributed by atoms with Crippen molar-refractivity contribution < 1.29 is 9.72 Å². The Balaban J connectivity index is 2.19. The average Bonchev–Trinajstić information content (AvgIpc) is 2.90. The van der Waals surface area contributed by atoms with E-state index in [0.717, 1.165) is 42.4 Å². The highest BCUT2D eigenvalue weighted by Crippen LogP contribution is 2.21. The zero-order valence-electron chi connectivity index (χ0n) is 10.7. The number of allylic oxidation sites excluding steroid dienone is 2. The molecule has 0 atom stereocenters. The summed E-state index contributed by atoms with van der Waals surface area (Å²) in [5.41, 5.74) is 0.955. The van der Waals surface area contributed by atoms with Crippen molar-refractivity contribution in [3.05, 3.63) is 28.2 Å². The van der Waals surface area contributed by atoms with E-state index in [1.54, 1.807) is 4.90 Å². The highest BCUT2D eigenvalue weighted by atomic mass is 16.6. The Morgan fingerprint density at radius 3 is 2.89 bits per heavy atom. The topological polar surface area (TPSA) is 94.2 Å². The largest absolute Gasteiger partial charge is 0.491 e. The highest BCUT2D eigenvalue weighted by Gasteiger charge is 2.24. The van der Waals surface area contributed by atoms with Crippen molar-refractivity contribution in [2.75, 3.05) is 6.54 Å². The van der Waals surface area contributed by atoms with Crippen molar-refractivity contribution >= 4 is 12.0 Å². The molecule has 0 radical (unpaired) electrons. The molecule has 1 aliphatic rings. The van der Waals surface area contributed by atoms with Gasteiger partial charge in [-0.05, 0) is 37.5 Å². The minimum atomic E-state index is -0.722. The van der Waals surface area contributed by atoms with Crippen LogP contribution in [0.3, 0.4) is 0 Å². The Labute approximate surface area is 109 Å². The van der Waals surface area contributed by atoms with Gasteiger partial charge in [0.1, 0.15) is 0 Å². The molecular weight excluding hydrogens is 250 g/mol. The molecule has 0 N–H and O–H groups in total. The first kappa shape index (κ1) is 13.2. The standard InChI is InChI=1S/C11H15N5O3/c1-2-14(9-6-4-3-5-7-9)11(17)15-8-12-10(13-15)16(18)19/h6,8H,2-5,7H2,1H3. The lowest BCUT2D eigenvalue weighted by Gasteiger charge is -2.24. The summed E-state index contributed by atoms with van der Waals surface area (Å²) in [6.07, 6.45) is 7.09. The van der Waals surface area contributed by atoms with Crippen LogP contribution in [-0.2, 0) is 0 Å². The number of carbonyl (C=O) groups excluding carboxylic acids is 1. The molecule has 0 spiro atoms. The fourth-order valence-electron chi connectivity index (χ4n) is 2.08. The van der Waals surface area contributed by atoms with Gasteiger partial charge in [0.2, 0.25) is 6.33 Å². The number of amides is 1. The third kappa shape index (κ3) is 2.78. The second kappa shape index (κ2) is 5.59. The molecule has 8 heteroatoms. The van der Waals surface area contributed by atoms with Crippen LogP contribution in [0, 0.1) is 10.1 Å². The van der Waals surface area contributed by atoms with Crippen LogP contribution in [0.4, 0.5) is 10.7 Å². The molecule has 19 heavy (non-hydrogen) atoms. The van der Waals surface area contributed by atoms with Gasteiger partial charge in [-0.3, -0.25) is 4.90 Å². The zero-order valence-corrected chi connectivity index (χ0v) is 10.7. The highest BCUT2D eigenvalue weighted by molar-refractivity contribution is 5.77. The van der Waals surface area contributed by atoms with Gasteiger partial charge in [0.15, 0.2) is 0 Å². The summed E-state index contributed by atoms with van der Waals surface area (Å²) < 4.78 is 0.914. The lowest BCUT2D eigenvalue weighted by molar-refractivity contribution is -0.394. The van der Waals surface area contributed by atoms with Gasteiger partial charge in [0.25, 0.3) is 0 Å². The van der Waals surface area contributed by atoms with E-state index in [2.05, 4.69) is 10.1 Å². The Hall–Kier alpha value is -2.25. The maximum atomic E-state index is 12.2. The van der Waals surface area contributed by atoms with Gasteiger partial charge in [-0.2, -0.15) is 0 Å². The molecule has 0 aliphatic heterocycles. The van der Waals surface area contributed by atoms with Crippen molar-refractivity contribution in [3.63, 3.8) is 0 Å². The lowest BCUT2D eigenvalue weighted by atomic mass is 10.0. The van der Waals surface area contributed by atoms with Gasteiger partial charge in [0.05, 0.1) is 0 Å². The molecular formula is C11H15N5O3. The van der Waals surface area contributed by atoms with Crippen molar-refractivity contribution in [1.29, 1.82) is 0 Å². The number of rotatable bonds is 3. The first-order valence-electron chi connectivity index (χ1n) is 6.20. The summed E-state index contributed by atoms with van der Waals surface area (Å²) in [4.78, 5) is 27.1. The summed E-state index contributed by atoms with van der Waals surface area (Å²) in [5, 5.41) is 14.1. The number of hydrogen-bond acceptors (Lipinski definition) is 5. The summed E-state index contributed by atoms with van der Waals surface area (Å²) in [7, 11) is 0. The third-order valence-corrected chi connectivity index (χ3v) is 3.00. The van der Waals surface area contributed by atoms with Crippen molar-refractivity contribution in [3.8, 4) is 0 Å². The minimum absolute atomic E-state index is 0.406. The molecule has 0 aromatic carbocycles.